The Labute approximate surface area is 125 Å². The molecule has 0 saturated heterocycles. The van der Waals surface area contributed by atoms with E-state index in [0.29, 0.717) is 11.4 Å². The van der Waals surface area contributed by atoms with Crippen molar-refractivity contribution in [3.05, 3.63) is 54.1 Å². The van der Waals surface area contributed by atoms with Gasteiger partial charge < -0.3 is 11.1 Å². The third-order valence-corrected chi connectivity index (χ3v) is 4.70. The molecule has 1 unspecified atom stereocenters. The summed E-state index contributed by atoms with van der Waals surface area (Å²) in [6, 6.07) is 14.2. The van der Waals surface area contributed by atoms with Crippen LogP contribution in [0.3, 0.4) is 0 Å². The highest BCUT2D eigenvalue weighted by Crippen LogP contribution is 2.26. The first-order chi connectivity index (χ1) is 9.94. The molecule has 0 amide bonds. The van der Waals surface area contributed by atoms with Gasteiger partial charge in [0.25, 0.3) is 0 Å². The minimum atomic E-state index is -3.50. The second-order valence-corrected chi connectivity index (χ2v) is 6.59. The Morgan fingerprint density at radius 3 is 2.48 bits per heavy atom. The van der Waals surface area contributed by atoms with Crippen LogP contribution < -0.4 is 15.8 Å². The van der Waals surface area contributed by atoms with Crippen LogP contribution in [0, 0.1) is 0 Å². The second-order valence-electron chi connectivity index (χ2n) is 4.74. The number of sulfonamides is 1. The summed E-state index contributed by atoms with van der Waals surface area (Å²) >= 11 is 0. The number of rotatable bonds is 5. The Kier molecular flexibility index (Phi) is 4.50. The average Bonchev–Trinajstić information content (AvgIpc) is 2.47. The molecular formula is C15H19N3O2S. The van der Waals surface area contributed by atoms with Gasteiger partial charge >= 0.3 is 0 Å². The van der Waals surface area contributed by atoms with E-state index in [1.165, 1.54) is 7.05 Å². The van der Waals surface area contributed by atoms with Crippen LogP contribution in [0.4, 0.5) is 11.4 Å². The van der Waals surface area contributed by atoms with E-state index in [0.717, 1.165) is 5.56 Å². The Bertz CT molecular complexity index is 729. The average molecular weight is 305 g/mol. The Hall–Kier alpha value is -2.05. The number of nitrogen functional groups attached to an aromatic ring is 1. The fourth-order valence-electron chi connectivity index (χ4n) is 2.08. The summed E-state index contributed by atoms with van der Waals surface area (Å²) < 4.78 is 26.4. The van der Waals surface area contributed by atoms with E-state index in [4.69, 9.17) is 5.73 Å². The van der Waals surface area contributed by atoms with Crippen LogP contribution in [0.15, 0.2) is 53.4 Å². The number of anilines is 2. The summed E-state index contributed by atoms with van der Waals surface area (Å²) in [6.45, 7) is 1.96. The van der Waals surface area contributed by atoms with Gasteiger partial charge in [-0.05, 0) is 43.8 Å². The number of nitrogens with two attached hydrogens (primary N) is 1. The van der Waals surface area contributed by atoms with Crippen molar-refractivity contribution in [2.45, 2.75) is 17.9 Å². The molecule has 21 heavy (non-hydrogen) atoms. The van der Waals surface area contributed by atoms with E-state index in [9.17, 15) is 8.42 Å². The monoisotopic (exact) mass is 305 g/mol. The Morgan fingerprint density at radius 2 is 1.81 bits per heavy atom. The zero-order valence-electron chi connectivity index (χ0n) is 12.0. The number of para-hydroxylation sites is 1. The lowest BCUT2D eigenvalue weighted by atomic mass is 10.1. The van der Waals surface area contributed by atoms with Crippen LogP contribution >= 0.6 is 0 Å². The fraction of sp³-hybridized carbons (Fsp3) is 0.200. The van der Waals surface area contributed by atoms with Crippen LogP contribution in [0.1, 0.15) is 18.5 Å². The second kappa shape index (κ2) is 6.15. The molecule has 0 aliphatic heterocycles. The molecule has 0 bridgehead atoms. The molecule has 2 aromatic rings. The Morgan fingerprint density at radius 1 is 1.10 bits per heavy atom. The van der Waals surface area contributed by atoms with Gasteiger partial charge in [0.1, 0.15) is 4.90 Å². The first-order valence-electron chi connectivity index (χ1n) is 6.58. The molecular weight excluding hydrogens is 286 g/mol. The predicted molar refractivity (Wildman–Crippen MR) is 85.6 cm³/mol. The summed E-state index contributed by atoms with van der Waals surface area (Å²) in [7, 11) is -2.11. The topological polar surface area (TPSA) is 84.2 Å². The summed E-state index contributed by atoms with van der Waals surface area (Å²) in [5, 5.41) is 3.22. The third-order valence-electron chi connectivity index (χ3n) is 3.23. The van der Waals surface area contributed by atoms with Gasteiger partial charge in [-0.1, -0.05) is 24.3 Å². The van der Waals surface area contributed by atoms with E-state index in [2.05, 4.69) is 10.0 Å². The largest absolute Gasteiger partial charge is 0.399 e. The van der Waals surface area contributed by atoms with Gasteiger partial charge in [0.2, 0.25) is 10.0 Å². The highest BCUT2D eigenvalue weighted by molar-refractivity contribution is 7.89. The van der Waals surface area contributed by atoms with Gasteiger partial charge in [0, 0.05) is 11.7 Å². The van der Waals surface area contributed by atoms with Crippen LogP contribution in [0.2, 0.25) is 0 Å². The van der Waals surface area contributed by atoms with Gasteiger partial charge in [-0.3, -0.25) is 0 Å². The van der Waals surface area contributed by atoms with E-state index in [1.54, 1.807) is 24.3 Å². The highest BCUT2D eigenvalue weighted by Gasteiger charge is 2.17. The van der Waals surface area contributed by atoms with Crippen molar-refractivity contribution in [2.75, 3.05) is 18.1 Å². The van der Waals surface area contributed by atoms with Gasteiger partial charge in [0.05, 0.1) is 5.69 Å². The molecule has 0 heterocycles. The van der Waals surface area contributed by atoms with Gasteiger partial charge in [-0.15, -0.1) is 0 Å². The van der Waals surface area contributed by atoms with E-state index in [1.807, 2.05) is 31.2 Å². The number of hydrogen-bond donors (Lipinski definition) is 3. The molecule has 0 aliphatic carbocycles. The molecule has 5 nitrogen and oxygen atoms in total. The molecule has 0 aliphatic rings. The van der Waals surface area contributed by atoms with E-state index in [-0.39, 0.29) is 10.9 Å². The molecule has 0 radical (unpaired) electrons. The number of hydrogen-bond acceptors (Lipinski definition) is 4. The van der Waals surface area contributed by atoms with Gasteiger partial charge in [-0.2, -0.15) is 0 Å². The van der Waals surface area contributed by atoms with E-state index < -0.39 is 10.0 Å². The quantitative estimate of drug-likeness (QED) is 0.740. The molecule has 1 atom stereocenters. The first kappa shape index (κ1) is 15.3. The molecule has 0 fully saturated rings. The lowest BCUT2D eigenvalue weighted by molar-refractivity contribution is 0.588. The van der Waals surface area contributed by atoms with Crippen molar-refractivity contribution in [3.8, 4) is 0 Å². The number of benzene rings is 2. The van der Waals surface area contributed by atoms with Gasteiger partial charge in [0.15, 0.2) is 0 Å². The predicted octanol–water partition coefficient (Wildman–Crippen LogP) is 2.35. The highest BCUT2D eigenvalue weighted by atomic mass is 32.2. The fourth-order valence-corrected chi connectivity index (χ4v) is 2.97. The summed E-state index contributed by atoms with van der Waals surface area (Å²) in [4.78, 5) is 0.225. The summed E-state index contributed by atoms with van der Waals surface area (Å²) in [5.74, 6) is 0. The van der Waals surface area contributed by atoms with Crippen molar-refractivity contribution in [2.24, 2.45) is 0 Å². The SMILES string of the molecule is CNS(=O)(=O)c1ccccc1NC(C)c1cccc(N)c1. The third kappa shape index (κ3) is 3.53. The minimum Gasteiger partial charge on any atom is -0.399 e. The normalized spacial score (nSPS) is 12.9. The van der Waals surface area contributed by atoms with Crippen LogP contribution in [0.25, 0.3) is 0 Å². The molecule has 4 N–H and O–H groups in total. The summed E-state index contributed by atoms with van der Waals surface area (Å²) in [5.41, 5.74) is 8.00. The van der Waals surface area contributed by atoms with Crippen molar-refractivity contribution < 1.29 is 8.42 Å². The smallest absolute Gasteiger partial charge is 0.242 e. The maximum absolute atomic E-state index is 12.0. The lowest BCUT2D eigenvalue weighted by Crippen LogP contribution is -2.20. The van der Waals surface area contributed by atoms with Crippen LogP contribution in [-0.4, -0.2) is 15.5 Å². The lowest BCUT2D eigenvalue weighted by Gasteiger charge is -2.18. The Balaban J connectivity index is 2.32. The maximum Gasteiger partial charge on any atom is 0.242 e. The first-order valence-corrected chi connectivity index (χ1v) is 8.07. The zero-order chi connectivity index (χ0) is 15.5. The zero-order valence-corrected chi connectivity index (χ0v) is 12.8. The van der Waals surface area contributed by atoms with Crippen LogP contribution in [0.5, 0.6) is 0 Å². The minimum absolute atomic E-state index is 0.0679. The van der Waals surface area contributed by atoms with Crippen molar-refractivity contribution in [1.82, 2.24) is 4.72 Å². The number of nitrogens with one attached hydrogen (secondary N) is 2. The molecule has 6 heteroatoms. The molecule has 0 saturated carbocycles. The summed E-state index contributed by atoms with van der Waals surface area (Å²) in [6.07, 6.45) is 0. The molecule has 112 valence electrons. The van der Waals surface area contributed by atoms with Crippen molar-refractivity contribution in [3.63, 3.8) is 0 Å². The molecule has 2 rings (SSSR count). The van der Waals surface area contributed by atoms with Crippen molar-refractivity contribution in [1.29, 1.82) is 0 Å². The molecule has 0 aromatic heterocycles. The maximum atomic E-state index is 12.0. The van der Waals surface area contributed by atoms with Gasteiger partial charge in [-0.25, -0.2) is 13.1 Å². The van der Waals surface area contributed by atoms with Crippen LogP contribution in [-0.2, 0) is 10.0 Å². The molecule has 0 spiro atoms. The standard InChI is InChI=1S/C15H19N3O2S/c1-11(12-6-5-7-13(16)10-12)18-14-8-3-4-9-15(14)21(19,20)17-2/h3-11,17-18H,16H2,1-2H3. The van der Waals surface area contributed by atoms with E-state index >= 15 is 0 Å². The molecule has 2 aromatic carbocycles. The van der Waals surface area contributed by atoms with Crippen molar-refractivity contribution >= 4 is 21.4 Å².